The number of carbonyl (C=O) groups excluding carboxylic acids is 9. The summed E-state index contributed by atoms with van der Waals surface area (Å²) in [4.78, 5) is 133. The van der Waals surface area contributed by atoms with Crippen LogP contribution in [0.3, 0.4) is 0 Å². The van der Waals surface area contributed by atoms with Crippen LogP contribution in [0.2, 0.25) is 0 Å². The van der Waals surface area contributed by atoms with Gasteiger partial charge in [0.15, 0.2) is 11.9 Å². The first-order valence-corrected chi connectivity index (χ1v) is 26.5. The summed E-state index contributed by atoms with van der Waals surface area (Å²) in [7, 11) is 2.85. The molecular formula is C45H71N15O9S2. The van der Waals surface area contributed by atoms with E-state index in [1.54, 1.807) is 30.3 Å². The van der Waals surface area contributed by atoms with Crippen molar-refractivity contribution in [1.29, 1.82) is 0 Å². The third kappa shape index (κ3) is 19.8. The lowest BCUT2D eigenvalue weighted by atomic mass is 9.84. The van der Waals surface area contributed by atoms with Gasteiger partial charge >= 0.3 is 0 Å². The summed E-state index contributed by atoms with van der Waals surface area (Å²) < 4.78 is 0. The zero-order valence-electron chi connectivity index (χ0n) is 40.0. The van der Waals surface area contributed by atoms with Crippen molar-refractivity contribution in [1.82, 2.24) is 36.4 Å². The fourth-order valence-corrected chi connectivity index (χ4v) is 10.8. The van der Waals surface area contributed by atoms with Crippen molar-refractivity contribution >= 4 is 86.7 Å². The highest BCUT2D eigenvalue weighted by Crippen LogP contribution is 2.29. The molecule has 9 amide bonds. The van der Waals surface area contributed by atoms with Gasteiger partial charge in [-0.25, -0.2) is 0 Å². The highest BCUT2D eigenvalue weighted by atomic mass is 33.1. The Hall–Kier alpha value is -6.31. The van der Waals surface area contributed by atoms with Crippen molar-refractivity contribution in [3.05, 3.63) is 35.9 Å². The van der Waals surface area contributed by atoms with Gasteiger partial charge in [0.25, 0.3) is 5.91 Å². The highest BCUT2D eigenvalue weighted by molar-refractivity contribution is 8.76. The number of aliphatic imine (C=N–C) groups is 2. The molecule has 26 heteroatoms. The molecule has 71 heavy (non-hydrogen) atoms. The molecule has 4 rings (SSSR count). The van der Waals surface area contributed by atoms with Crippen LogP contribution in [0.1, 0.15) is 100 Å². The maximum absolute atomic E-state index is 14.4. The summed E-state index contributed by atoms with van der Waals surface area (Å²) in [6, 6.07) is 1.28. The Morgan fingerprint density at radius 2 is 1.23 bits per heavy atom. The number of amides is 9. The van der Waals surface area contributed by atoms with Crippen LogP contribution in [0.4, 0.5) is 0 Å². The Balaban J connectivity index is 1.58. The van der Waals surface area contributed by atoms with Crippen molar-refractivity contribution in [2.24, 2.45) is 50.3 Å². The average molecular weight is 1030 g/mol. The molecule has 0 aromatic heterocycles. The Morgan fingerprint density at radius 1 is 0.648 bits per heavy atom. The van der Waals surface area contributed by atoms with E-state index >= 15 is 0 Å². The number of primary amides is 2. The number of hydrogen-bond acceptors (Lipinski definition) is 13. The molecule has 0 radical (unpaired) electrons. The van der Waals surface area contributed by atoms with E-state index in [4.69, 9.17) is 34.4 Å². The molecule has 3 aliphatic rings. The van der Waals surface area contributed by atoms with Crippen molar-refractivity contribution in [2.75, 3.05) is 44.2 Å². The van der Waals surface area contributed by atoms with E-state index < -0.39 is 83.5 Å². The molecule has 0 spiro atoms. The molecule has 2 saturated heterocycles. The van der Waals surface area contributed by atoms with Crippen LogP contribution in [0.25, 0.3) is 0 Å². The Kier molecular flexibility index (Phi) is 24.0. The van der Waals surface area contributed by atoms with E-state index in [1.165, 1.54) is 31.4 Å². The molecule has 2 heterocycles. The SMILES string of the molecule is NC(=O)CC[C@H](NC(=O)[C@@H](CCCN=C(N)N)NC(=O)[C@@H](CCCN=C(N)N)NC(=O)[C@@H]1CCCN1C(=O)c1ccccc1)C(=O)N[C@@H](CC1CCCCC1)C(=O)N[C@H]1CSSCCN(CC(N)=O)C1=O. The van der Waals surface area contributed by atoms with E-state index in [1.807, 2.05) is 0 Å². The summed E-state index contributed by atoms with van der Waals surface area (Å²) in [5.74, 6) is -5.66. The lowest BCUT2D eigenvalue weighted by Crippen LogP contribution is -2.60. The second-order valence-electron chi connectivity index (χ2n) is 17.8. The highest BCUT2D eigenvalue weighted by Gasteiger charge is 2.38. The number of benzene rings is 1. The fourth-order valence-electron chi connectivity index (χ4n) is 8.65. The van der Waals surface area contributed by atoms with Crippen LogP contribution in [-0.4, -0.2) is 155 Å². The number of likely N-dealkylation sites (tertiary alicyclic amines) is 1. The first kappa shape index (κ1) is 57.3. The molecule has 24 nitrogen and oxygen atoms in total. The molecule has 1 aliphatic carbocycles. The van der Waals surface area contributed by atoms with Gasteiger partial charge in [0, 0.05) is 49.7 Å². The van der Waals surface area contributed by atoms with Crippen molar-refractivity contribution in [2.45, 2.75) is 126 Å². The zero-order valence-corrected chi connectivity index (χ0v) is 41.7. The van der Waals surface area contributed by atoms with Crippen LogP contribution >= 0.6 is 21.6 Å². The van der Waals surface area contributed by atoms with Crippen LogP contribution in [0, 0.1) is 5.92 Å². The molecule has 1 aromatic carbocycles. The molecule has 0 bridgehead atoms. The molecular weight excluding hydrogens is 959 g/mol. The first-order valence-electron chi connectivity index (χ1n) is 24.0. The normalized spacial score (nSPS) is 19.0. The third-order valence-corrected chi connectivity index (χ3v) is 14.7. The lowest BCUT2D eigenvalue weighted by molar-refractivity contribution is -0.139. The van der Waals surface area contributed by atoms with Crippen molar-refractivity contribution < 1.29 is 43.2 Å². The van der Waals surface area contributed by atoms with E-state index in [9.17, 15) is 43.2 Å². The van der Waals surface area contributed by atoms with Gasteiger partial charge in [-0.1, -0.05) is 71.9 Å². The Morgan fingerprint density at radius 3 is 1.80 bits per heavy atom. The first-order chi connectivity index (χ1) is 33.9. The summed E-state index contributed by atoms with van der Waals surface area (Å²) in [5.41, 5.74) is 33.5. The van der Waals surface area contributed by atoms with Gasteiger partial charge < -0.3 is 70.8 Å². The molecule has 6 atom stereocenters. The molecule has 392 valence electrons. The number of hydrogen-bond donors (Lipinski definition) is 11. The number of guanidine groups is 2. The smallest absolute Gasteiger partial charge is 0.254 e. The van der Waals surface area contributed by atoms with Crippen molar-refractivity contribution in [3.63, 3.8) is 0 Å². The summed E-state index contributed by atoms with van der Waals surface area (Å²) in [6.45, 7) is 0.373. The van der Waals surface area contributed by atoms with Gasteiger partial charge in [-0.05, 0) is 69.4 Å². The van der Waals surface area contributed by atoms with Crippen LogP contribution in [0.15, 0.2) is 40.3 Å². The summed E-state index contributed by atoms with van der Waals surface area (Å²) in [6.07, 6.45) is 5.23. The monoisotopic (exact) mass is 1030 g/mol. The number of carbonyl (C=O) groups is 9. The molecule has 3 fully saturated rings. The average Bonchev–Trinajstić information content (AvgIpc) is 3.83. The standard InChI is InChI=1S/C45H71N15O9S2/c46-35(61)18-17-31(39(65)57-32(24-27-10-3-1-4-11-27)40(66)58-33-26-71-70-23-22-59(43(33)69)25-36(47)62)55-37(63)29(14-7-19-52-44(48)49)54-38(64)30(15-8-20-53-45(50)51)56-41(67)34-16-9-21-60(34)42(68)28-12-5-2-6-13-28/h2,5-6,12-13,27,29-34H,1,3-4,7-11,14-26H2,(H2,46,61)(H2,47,62)(H,54,64)(H,55,63)(H,56,67)(H,57,65)(H,58,66)(H4,48,49,52)(H4,50,51,53)/t29-,30-,31+,32+,33+,34+/m1/s1. The third-order valence-electron chi connectivity index (χ3n) is 12.3. The molecule has 17 N–H and O–H groups in total. The summed E-state index contributed by atoms with van der Waals surface area (Å²) >= 11 is 0. The van der Waals surface area contributed by atoms with E-state index in [2.05, 4.69) is 36.6 Å². The number of nitrogens with one attached hydrogen (secondary N) is 5. The fraction of sp³-hybridized carbons (Fsp3) is 0.622. The van der Waals surface area contributed by atoms with Crippen molar-refractivity contribution in [3.8, 4) is 0 Å². The number of nitrogens with two attached hydrogens (primary N) is 6. The molecule has 0 unspecified atom stereocenters. The summed E-state index contributed by atoms with van der Waals surface area (Å²) in [5, 5.41) is 13.7. The minimum atomic E-state index is -1.46. The number of nitrogens with zero attached hydrogens (tertiary/aromatic N) is 4. The van der Waals surface area contributed by atoms with Gasteiger partial charge in [-0.2, -0.15) is 0 Å². The Labute approximate surface area is 421 Å². The largest absolute Gasteiger partial charge is 0.370 e. The second kappa shape index (κ2) is 29.8. The predicted molar refractivity (Wildman–Crippen MR) is 270 cm³/mol. The molecule has 1 saturated carbocycles. The predicted octanol–water partition coefficient (Wildman–Crippen LogP) is -2.23. The van der Waals surface area contributed by atoms with Gasteiger partial charge in [-0.3, -0.25) is 53.1 Å². The van der Waals surface area contributed by atoms with Gasteiger partial charge in [0.1, 0.15) is 36.3 Å². The molecule has 1 aromatic rings. The minimum absolute atomic E-state index is 0.0112. The topological polar surface area (TPSA) is 401 Å². The zero-order chi connectivity index (χ0) is 51.9. The van der Waals surface area contributed by atoms with E-state index in [-0.39, 0.29) is 101 Å². The quantitative estimate of drug-likeness (QED) is 0.0202. The minimum Gasteiger partial charge on any atom is -0.370 e. The van der Waals surface area contributed by atoms with Gasteiger partial charge in [0.2, 0.25) is 47.3 Å². The Bertz CT molecular complexity index is 2070. The lowest BCUT2D eigenvalue weighted by Gasteiger charge is -2.32. The van der Waals surface area contributed by atoms with Crippen LogP contribution < -0.4 is 61.0 Å². The van der Waals surface area contributed by atoms with E-state index in [0.29, 0.717) is 30.7 Å². The van der Waals surface area contributed by atoms with Crippen LogP contribution in [0.5, 0.6) is 0 Å². The van der Waals surface area contributed by atoms with Gasteiger partial charge in [-0.15, -0.1) is 0 Å². The maximum Gasteiger partial charge on any atom is 0.254 e. The van der Waals surface area contributed by atoms with Crippen LogP contribution in [-0.2, 0) is 38.4 Å². The molecule has 2 aliphatic heterocycles. The van der Waals surface area contributed by atoms with E-state index in [0.717, 1.165) is 32.1 Å². The number of rotatable bonds is 26. The van der Waals surface area contributed by atoms with Gasteiger partial charge in [0.05, 0.1) is 6.54 Å². The second-order valence-corrected chi connectivity index (χ2v) is 20.4. The maximum atomic E-state index is 14.4.